The number of alkyl halides is 1. The Hall–Kier alpha value is -1.02. The molecule has 82 valence electrons. The van der Waals surface area contributed by atoms with Crippen molar-refractivity contribution >= 4 is 17.6 Å². The number of hydrogen-bond acceptors (Lipinski definition) is 1. The zero-order valence-corrected chi connectivity index (χ0v) is 9.55. The Morgan fingerprint density at radius 1 is 1.47 bits per heavy atom. The second-order valence-corrected chi connectivity index (χ2v) is 4.00. The molecule has 0 unspecified atom stereocenters. The molecular formula is C12H15ClO2. The lowest BCUT2D eigenvalue weighted by molar-refractivity contribution is -0.136. The number of rotatable bonds is 5. The summed E-state index contributed by atoms with van der Waals surface area (Å²) >= 11 is 5.61. The van der Waals surface area contributed by atoms with Crippen molar-refractivity contribution in [3.05, 3.63) is 34.9 Å². The van der Waals surface area contributed by atoms with Gasteiger partial charge in [0.1, 0.15) is 0 Å². The summed E-state index contributed by atoms with van der Waals surface area (Å²) in [6, 6.07) is 5.93. The monoisotopic (exact) mass is 226 g/mol. The van der Waals surface area contributed by atoms with Crippen LogP contribution in [0, 0.1) is 6.92 Å². The van der Waals surface area contributed by atoms with E-state index in [-0.39, 0.29) is 6.42 Å². The Balaban J connectivity index is 2.74. The quantitative estimate of drug-likeness (QED) is 0.784. The van der Waals surface area contributed by atoms with Gasteiger partial charge in [0, 0.05) is 5.88 Å². The third-order valence-corrected chi connectivity index (χ3v) is 2.62. The molecular weight excluding hydrogens is 212 g/mol. The predicted molar refractivity (Wildman–Crippen MR) is 61.6 cm³/mol. The molecule has 0 saturated heterocycles. The van der Waals surface area contributed by atoms with Crippen molar-refractivity contribution in [2.45, 2.75) is 26.2 Å². The molecule has 0 aliphatic rings. The lowest BCUT2D eigenvalue weighted by atomic mass is 10.0. The molecule has 0 heterocycles. The van der Waals surface area contributed by atoms with Crippen LogP contribution in [0.5, 0.6) is 0 Å². The lowest BCUT2D eigenvalue weighted by Gasteiger charge is -2.06. The van der Waals surface area contributed by atoms with Gasteiger partial charge in [0.05, 0.1) is 6.42 Å². The van der Waals surface area contributed by atoms with Crippen LogP contribution in [0.4, 0.5) is 0 Å². The third kappa shape index (κ3) is 3.92. The zero-order valence-electron chi connectivity index (χ0n) is 8.79. The molecule has 3 heteroatoms. The molecule has 1 N–H and O–H groups in total. The highest BCUT2D eigenvalue weighted by Crippen LogP contribution is 2.13. The number of hydrogen-bond donors (Lipinski definition) is 1. The molecule has 0 atom stereocenters. The number of aryl methyl sites for hydroxylation is 2. The molecule has 2 nitrogen and oxygen atoms in total. The first kappa shape index (κ1) is 12.1. The van der Waals surface area contributed by atoms with Crippen LogP contribution in [0.25, 0.3) is 0 Å². The molecule has 0 radical (unpaired) electrons. The Bertz CT molecular complexity index is 347. The fraction of sp³-hybridized carbons (Fsp3) is 0.417. The van der Waals surface area contributed by atoms with Crippen molar-refractivity contribution in [3.8, 4) is 0 Å². The Labute approximate surface area is 94.9 Å². The van der Waals surface area contributed by atoms with E-state index in [1.54, 1.807) is 0 Å². The van der Waals surface area contributed by atoms with Crippen molar-refractivity contribution in [3.63, 3.8) is 0 Å². The van der Waals surface area contributed by atoms with Gasteiger partial charge >= 0.3 is 5.97 Å². The fourth-order valence-corrected chi connectivity index (χ4v) is 1.68. The molecule has 1 aromatic carbocycles. The zero-order chi connectivity index (χ0) is 11.3. The van der Waals surface area contributed by atoms with Crippen molar-refractivity contribution in [1.29, 1.82) is 0 Å². The van der Waals surface area contributed by atoms with Gasteiger partial charge in [0.25, 0.3) is 0 Å². The van der Waals surface area contributed by atoms with Crippen molar-refractivity contribution in [2.24, 2.45) is 0 Å². The van der Waals surface area contributed by atoms with Crippen molar-refractivity contribution < 1.29 is 9.90 Å². The normalized spacial score (nSPS) is 10.3. The molecule has 0 spiro atoms. The van der Waals surface area contributed by atoms with Crippen LogP contribution in [-0.4, -0.2) is 17.0 Å². The van der Waals surface area contributed by atoms with Gasteiger partial charge in [-0.25, -0.2) is 0 Å². The maximum atomic E-state index is 10.6. The van der Waals surface area contributed by atoms with Crippen molar-refractivity contribution in [2.75, 3.05) is 5.88 Å². The molecule has 0 amide bonds. The summed E-state index contributed by atoms with van der Waals surface area (Å²) in [5.41, 5.74) is 3.16. The van der Waals surface area contributed by atoms with E-state index in [1.807, 2.05) is 25.1 Å². The van der Waals surface area contributed by atoms with E-state index in [2.05, 4.69) is 0 Å². The summed E-state index contributed by atoms with van der Waals surface area (Å²) < 4.78 is 0. The van der Waals surface area contributed by atoms with Crippen LogP contribution in [0.3, 0.4) is 0 Å². The summed E-state index contributed by atoms with van der Waals surface area (Å²) in [6.07, 6.45) is 2.01. The first-order valence-corrected chi connectivity index (χ1v) is 5.53. The van der Waals surface area contributed by atoms with Crippen LogP contribution in [0.1, 0.15) is 23.1 Å². The predicted octanol–water partition coefficient (Wildman–Crippen LogP) is 2.79. The topological polar surface area (TPSA) is 37.3 Å². The highest BCUT2D eigenvalue weighted by molar-refractivity contribution is 6.17. The smallest absolute Gasteiger partial charge is 0.307 e. The molecule has 1 aromatic rings. The van der Waals surface area contributed by atoms with Crippen LogP contribution < -0.4 is 0 Å². The summed E-state index contributed by atoms with van der Waals surface area (Å²) in [5, 5.41) is 8.68. The lowest BCUT2D eigenvalue weighted by Crippen LogP contribution is -2.02. The standard InChI is InChI=1S/C12H15ClO2/c1-9-7-10(3-2-6-13)4-5-11(9)8-12(14)15/h4-5,7H,2-3,6,8H2,1H3,(H,14,15). The second kappa shape index (κ2) is 5.76. The van der Waals surface area contributed by atoms with Crippen LogP contribution >= 0.6 is 11.6 Å². The molecule has 15 heavy (non-hydrogen) atoms. The van der Waals surface area contributed by atoms with Gasteiger partial charge in [0.2, 0.25) is 0 Å². The average molecular weight is 227 g/mol. The van der Waals surface area contributed by atoms with E-state index in [4.69, 9.17) is 16.7 Å². The molecule has 0 aromatic heterocycles. The number of carboxylic acids is 1. The number of halogens is 1. The molecule has 0 aliphatic heterocycles. The van der Waals surface area contributed by atoms with Gasteiger partial charge in [-0.1, -0.05) is 18.2 Å². The van der Waals surface area contributed by atoms with Crippen LogP contribution in [0.15, 0.2) is 18.2 Å². The van der Waals surface area contributed by atoms with E-state index in [0.29, 0.717) is 5.88 Å². The van der Waals surface area contributed by atoms with Crippen LogP contribution in [0.2, 0.25) is 0 Å². The average Bonchev–Trinajstić information content (AvgIpc) is 2.18. The van der Waals surface area contributed by atoms with Gasteiger partial charge in [-0.15, -0.1) is 11.6 Å². The first-order chi connectivity index (χ1) is 7.13. The Morgan fingerprint density at radius 2 is 2.20 bits per heavy atom. The molecule has 1 rings (SSSR count). The maximum Gasteiger partial charge on any atom is 0.307 e. The number of carboxylic acid groups (broad SMARTS) is 1. The summed E-state index contributed by atoms with van der Waals surface area (Å²) in [4.78, 5) is 10.6. The molecule has 0 bridgehead atoms. The summed E-state index contributed by atoms with van der Waals surface area (Å²) in [5.74, 6) is -0.123. The highest BCUT2D eigenvalue weighted by atomic mass is 35.5. The van der Waals surface area contributed by atoms with E-state index < -0.39 is 5.97 Å². The number of carbonyl (C=O) groups is 1. The molecule has 0 aliphatic carbocycles. The fourth-order valence-electron chi connectivity index (χ4n) is 1.55. The minimum absolute atomic E-state index is 0.0988. The third-order valence-electron chi connectivity index (χ3n) is 2.35. The first-order valence-electron chi connectivity index (χ1n) is 4.99. The van der Waals surface area contributed by atoms with Gasteiger partial charge in [-0.3, -0.25) is 4.79 Å². The minimum Gasteiger partial charge on any atom is -0.481 e. The minimum atomic E-state index is -0.786. The SMILES string of the molecule is Cc1cc(CCCCl)ccc1CC(=O)O. The van der Waals surface area contributed by atoms with E-state index >= 15 is 0 Å². The van der Waals surface area contributed by atoms with Gasteiger partial charge in [0.15, 0.2) is 0 Å². The largest absolute Gasteiger partial charge is 0.481 e. The Kier molecular flexibility index (Phi) is 4.63. The molecule has 0 fully saturated rings. The van der Waals surface area contributed by atoms with E-state index in [0.717, 1.165) is 24.0 Å². The number of benzene rings is 1. The maximum absolute atomic E-state index is 10.6. The second-order valence-electron chi connectivity index (χ2n) is 3.62. The van der Waals surface area contributed by atoms with Gasteiger partial charge in [-0.05, 0) is 36.5 Å². The van der Waals surface area contributed by atoms with Crippen molar-refractivity contribution in [1.82, 2.24) is 0 Å². The van der Waals surface area contributed by atoms with Gasteiger partial charge in [-0.2, -0.15) is 0 Å². The highest BCUT2D eigenvalue weighted by Gasteiger charge is 2.04. The summed E-state index contributed by atoms with van der Waals surface area (Å²) in [6.45, 7) is 1.95. The number of aliphatic carboxylic acids is 1. The van der Waals surface area contributed by atoms with Gasteiger partial charge < -0.3 is 5.11 Å². The Morgan fingerprint density at radius 3 is 2.73 bits per heavy atom. The molecule has 0 saturated carbocycles. The van der Waals surface area contributed by atoms with E-state index in [1.165, 1.54) is 5.56 Å². The summed E-state index contributed by atoms with van der Waals surface area (Å²) in [7, 11) is 0. The van der Waals surface area contributed by atoms with Crippen LogP contribution in [-0.2, 0) is 17.6 Å². The van der Waals surface area contributed by atoms with E-state index in [9.17, 15) is 4.79 Å².